The lowest BCUT2D eigenvalue weighted by atomic mass is 9.85. The van der Waals surface area contributed by atoms with Gasteiger partial charge in [-0.25, -0.2) is 0 Å². The quantitative estimate of drug-likeness (QED) is 0.326. The van der Waals surface area contributed by atoms with Crippen molar-refractivity contribution in [1.29, 1.82) is 0 Å². The molecule has 2 saturated carbocycles. The van der Waals surface area contributed by atoms with Crippen molar-refractivity contribution in [2.24, 2.45) is 10.8 Å². The van der Waals surface area contributed by atoms with Crippen molar-refractivity contribution in [1.82, 2.24) is 5.32 Å². The number of hydrogen-bond acceptors (Lipinski definition) is 4. The number of para-hydroxylation sites is 1. The van der Waals surface area contributed by atoms with Gasteiger partial charge in [0.15, 0.2) is 11.2 Å². The normalized spacial score (nSPS) is 29.4. The van der Waals surface area contributed by atoms with Crippen LogP contribution in [0.4, 0.5) is 0 Å². The number of ether oxygens (including phenoxy) is 1. The summed E-state index contributed by atoms with van der Waals surface area (Å²) in [6.45, 7) is 1.72. The molecule has 6 heteroatoms. The van der Waals surface area contributed by atoms with E-state index in [-0.39, 0.29) is 11.8 Å². The zero-order valence-corrected chi connectivity index (χ0v) is 18.1. The fourth-order valence-electron chi connectivity index (χ4n) is 5.70. The lowest BCUT2D eigenvalue weighted by Gasteiger charge is -2.28. The third kappa shape index (κ3) is 2.79. The minimum atomic E-state index is -1.56. The number of fused-ring (bicyclic) bond motifs is 3. The summed E-state index contributed by atoms with van der Waals surface area (Å²) in [5.74, 6) is -1.43. The van der Waals surface area contributed by atoms with Gasteiger partial charge >= 0.3 is 5.97 Å². The van der Waals surface area contributed by atoms with E-state index >= 15 is 0 Å². The fraction of sp³-hybridized carbons (Fsp3) is 0.400. The molecule has 0 radical (unpaired) electrons. The molecule has 0 unspecified atom stereocenters. The number of benzene rings is 2. The molecule has 2 aromatic carbocycles. The second kappa shape index (κ2) is 7.20. The predicted octanol–water partition coefficient (Wildman–Crippen LogP) is 4.68. The maximum Gasteiger partial charge on any atom is 0.328 e. The third-order valence-corrected chi connectivity index (χ3v) is 7.63. The van der Waals surface area contributed by atoms with E-state index in [9.17, 15) is 14.4 Å². The summed E-state index contributed by atoms with van der Waals surface area (Å²) in [5.41, 5.74) is -1.64. The summed E-state index contributed by atoms with van der Waals surface area (Å²) in [4.78, 5) is 40.8. The van der Waals surface area contributed by atoms with Crippen LogP contribution in [0, 0.1) is 10.8 Å². The molecule has 0 spiro atoms. The average Bonchev–Trinajstić information content (AvgIpc) is 3.38. The zero-order chi connectivity index (χ0) is 21.8. The first-order valence-electron chi connectivity index (χ1n) is 10.8. The Balaban J connectivity index is 1.59. The summed E-state index contributed by atoms with van der Waals surface area (Å²) in [6, 6.07) is 13.8. The highest BCUT2D eigenvalue weighted by molar-refractivity contribution is 6.30. The van der Waals surface area contributed by atoms with Gasteiger partial charge in [-0.3, -0.25) is 14.4 Å². The standard InChI is InChI=1S/C25H24ClNO4/c1-24(21(28)15-11-13-16(26)14-12-15)20-18-9-5-6-10-19(18)31-23(30)25(20,24)22(29)27-17-7-3-2-4-8-17/h5-6,9-14,17,20H,2-4,7-8H2,1H3,(H,27,29)/t20-,24+,25+/m0/s1. The Morgan fingerprint density at radius 2 is 1.71 bits per heavy atom. The highest BCUT2D eigenvalue weighted by atomic mass is 35.5. The Bertz CT molecular complexity index is 1080. The van der Waals surface area contributed by atoms with E-state index in [1.54, 1.807) is 43.3 Å². The van der Waals surface area contributed by atoms with Gasteiger partial charge in [0, 0.05) is 28.1 Å². The minimum Gasteiger partial charge on any atom is -0.425 e. The highest BCUT2D eigenvalue weighted by Gasteiger charge is 2.88. The number of Topliss-reactive ketones (excluding diaryl/α,β-unsaturated/α-hetero) is 1. The lowest BCUT2D eigenvalue weighted by molar-refractivity contribution is -0.149. The van der Waals surface area contributed by atoms with E-state index in [2.05, 4.69) is 5.32 Å². The number of carbonyl (C=O) groups excluding carboxylic acids is 3. The Morgan fingerprint density at radius 1 is 1.03 bits per heavy atom. The Kier molecular flexibility index (Phi) is 4.70. The monoisotopic (exact) mass is 437 g/mol. The number of rotatable bonds is 4. The van der Waals surface area contributed by atoms with Gasteiger partial charge < -0.3 is 10.1 Å². The van der Waals surface area contributed by atoms with Gasteiger partial charge in [0.1, 0.15) is 5.75 Å². The van der Waals surface area contributed by atoms with E-state index in [1.165, 1.54) is 0 Å². The number of hydrogen-bond donors (Lipinski definition) is 1. The van der Waals surface area contributed by atoms with Crippen LogP contribution in [0.25, 0.3) is 0 Å². The van der Waals surface area contributed by atoms with Crippen molar-refractivity contribution in [2.75, 3.05) is 0 Å². The van der Waals surface area contributed by atoms with Crippen LogP contribution in [-0.2, 0) is 9.59 Å². The second-order valence-electron chi connectivity index (χ2n) is 9.02. The summed E-state index contributed by atoms with van der Waals surface area (Å²) in [6.07, 6.45) is 5.04. The van der Waals surface area contributed by atoms with Gasteiger partial charge in [-0.2, -0.15) is 0 Å². The molecule has 160 valence electrons. The summed E-state index contributed by atoms with van der Waals surface area (Å²) < 4.78 is 5.63. The summed E-state index contributed by atoms with van der Waals surface area (Å²) in [5, 5.41) is 3.61. The molecule has 0 aromatic heterocycles. The second-order valence-corrected chi connectivity index (χ2v) is 9.45. The predicted molar refractivity (Wildman–Crippen MR) is 116 cm³/mol. The first-order chi connectivity index (χ1) is 14.9. The van der Waals surface area contributed by atoms with E-state index in [1.807, 2.05) is 12.1 Å². The maximum absolute atomic E-state index is 13.7. The van der Waals surface area contributed by atoms with Crippen LogP contribution in [0.5, 0.6) is 5.75 Å². The molecule has 2 fully saturated rings. The van der Waals surface area contributed by atoms with Crippen molar-refractivity contribution in [3.8, 4) is 5.75 Å². The van der Waals surface area contributed by atoms with Crippen LogP contribution in [0.15, 0.2) is 48.5 Å². The van der Waals surface area contributed by atoms with Gasteiger partial charge in [0.05, 0.1) is 5.41 Å². The molecule has 2 aromatic rings. The molecule has 0 bridgehead atoms. The number of amides is 1. The van der Waals surface area contributed by atoms with Gasteiger partial charge in [0.2, 0.25) is 5.91 Å². The van der Waals surface area contributed by atoms with Gasteiger partial charge in [-0.15, -0.1) is 0 Å². The molecular formula is C25H24ClNO4. The molecule has 5 rings (SSSR count). The third-order valence-electron chi connectivity index (χ3n) is 7.38. The molecule has 1 N–H and O–H groups in total. The Morgan fingerprint density at radius 3 is 2.42 bits per heavy atom. The SMILES string of the molecule is C[C@]1(C(=O)c2ccc(Cl)cc2)[C@@H]2c3ccccc3OC(=O)[C@]21C(=O)NC1CCCCC1. The molecule has 1 amide bonds. The Hall–Kier alpha value is -2.66. The zero-order valence-electron chi connectivity index (χ0n) is 17.3. The summed E-state index contributed by atoms with van der Waals surface area (Å²) >= 11 is 5.99. The van der Waals surface area contributed by atoms with Crippen LogP contribution in [-0.4, -0.2) is 23.7 Å². The van der Waals surface area contributed by atoms with E-state index < -0.39 is 28.6 Å². The van der Waals surface area contributed by atoms with Crippen molar-refractivity contribution in [3.05, 3.63) is 64.7 Å². The van der Waals surface area contributed by atoms with Crippen molar-refractivity contribution < 1.29 is 19.1 Å². The maximum atomic E-state index is 13.7. The van der Waals surface area contributed by atoms with Crippen LogP contribution < -0.4 is 10.1 Å². The first kappa shape index (κ1) is 20.3. The smallest absolute Gasteiger partial charge is 0.328 e. The molecule has 0 saturated heterocycles. The molecule has 2 aliphatic carbocycles. The van der Waals surface area contributed by atoms with Gasteiger partial charge in [0.25, 0.3) is 0 Å². The topological polar surface area (TPSA) is 72.5 Å². The summed E-state index contributed by atoms with van der Waals surface area (Å²) in [7, 11) is 0. The molecule has 1 heterocycles. The number of ketones is 1. The lowest BCUT2D eigenvalue weighted by Crippen LogP contribution is -2.49. The van der Waals surface area contributed by atoms with Crippen LogP contribution in [0.1, 0.15) is 60.9 Å². The number of halogens is 1. The van der Waals surface area contributed by atoms with E-state index in [0.29, 0.717) is 16.3 Å². The largest absolute Gasteiger partial charge is 0.425 e. The van der Waals surface area contributed by atoms with Crippen molar-refractivity contribution in [2.45, 2.75) is 51.0 Å². The van der Waals surface area contributed by atoms with E-state index in [4.69, 9.17) is 16.3 Å². The van der Waals surface area contributed by atoms with Crippen LogP contribution in [0.3, 0.4) is 0 Å². The highest BCUT2D eigenvalue weighted by Crippen LogP contribution is 2.78. The average molecular weight is 438 g/mol. The minimum absolute atomic E-state index is 0.0247. The molecule has 3 aliphatic rings. The van der Waals surface area contributed by atoms with Crippen molar-refractivity contribution in [3.63, 3.8) is 0 Å². The fourth-order valence-corrected chi connectivity index (χ4v) is 5.83. The molecule has 1 aliphatic heterocycles. The van der Waals surface area contributed by atoms with Gasteiger partial charge in [-0.1, -0.05) is 49.1 Å². The molecule has 5 nitrogen and oxygen atoms in total. The molecule has 3 atom stereocenters. The van der Waals surface area contributed by atoms with E-state index in [0.717, 1.165) is 37.7 Å². The molecule has 31 heavy (non-hydrogen) atoms. The molecular weight excluding hydrogens is 414 g/mol. The van der Waals surface area contributed by atoms with Crippen molar-refractivity contribution >= 4 is 29.3 Å². The van der Waals surface area contributed by atoms with Crippen LogP contribution in [0.2, 0.25) is 5.02 Å². The Labute approximate surface area is 186 Å². The van der Waals surface area contributed by atoms with Crippen LogP contribution >= 0.6 is 11.6 Å². The number of esters is 1. The first-order valence-corrected chi connectivity index (χ1v) is 11.2. The number of nitrogens with one attached hydrogen (secondary N) is 1. The van der Waals surface area contributed by atoms with Gasteiger partial charge in [-0.05, 0) is 50.1 Å². The number of carbonyl (C=O) groups is 3.